The Balaban J connectivity index is 1.48. The molecule has 5 heterocycles. The lowest BCUT2D eigenvalue weighted by atomic mass is 9.79. The van der Waals surface area contributed by atoms with E-state index in [0.29, 0.717) is 23.4 Å². The summed E-state index contributed by atoms with van der Waals surface area (Å²) in [5, 5.41) is 3.07. The van der Waals surface area contributed by atoms with E-state index in [2.05, 4.69) is 27.1 Å². The lowest BCUT2D eigenvalue weighted by molar-refractivity contribution is 0.0210. The van der Waals surface area contributed by atoms with Gasteiger partial charge in [0.15, 0.2) is 5.76 Å². The Morgan fingerprint density at radius 1 is 1.29 bits per heavy atom. The van der Waals surface area contributed by atoms with Gasteiger partial charge in [-0.05, 0) is 50.9 Å². The molecule has 3 aliphatic rings. The van der Waals surface area contributed by atoms with Crippen molar-refractivity contribution >= 4 is 5.91 Å². The van der Waals surface area contributed by atoms with Crippen LogP contribution in [0.25, 0.3) is 11.5 Å². The summed E-state index contributed by atoms with van der Waals surface area (Å²) in [5.41, 5.74) is 0.444. The first-order valence-corrected chi connectivity index (χ1v) is 8.24. The molecule has 5 rings (SSSR count). The van der Waals surface area contributed by atoms with Crippen molar-refractivity contribution in [2.24, 2.45) is 5.92 Å². The largest absolute Gasteiger partial charge is 0.431 e. The highest BCUT2D eigenvalue weighted by Crippen LogP contribution is 2.32. The summed E-state index contributed by atoms with van der Waals surface area (Å²) < 4.78 is 18.4. The standard InChI is InChI=1S/C17H19FN4O2/c1-10-15(11-4-6-22(10)7-5-11)21-16(23)17-20-9-14(24-17)13-3-2-12(18)8-19-13/h2-3,8-11,15H,4-7H2,1H3,(H,21,23)/t10-,15-/m0/s1. The van der Waals surface area contributed by atoms with Crippen LogP contribution in [0.15, 0.2) is 28.9 Å². The molecule has 0 aromatic carbocycles. The van der Waals surface area contributed by atoms with Gasteiger partial charge in [-0.15, -0.1) is 0 Å². The second-order valence-electron chi connectivity index (χ2n) is 6.50. The second kappa shape index (κ2) is 5.98. The number of amides is 1. The monoisotopic (exact) mass is 330 g/mol. The predicted molar refractivity (Wildman–Crippen MR) is 84.7 cm³/mol. The number of fused-ring (bicyclic) bond motifs is 3. The number of nitrogens with zero attached hydrogens (tertiary/aromatic N) is 3. The zero-order valence-electron chi connectivity index (χ0n) is 13.4. The minimum atomic E-state index is -0.424. The van der Waals surface area contributed by atoms with Crippen LogP contribution in [-0.4, -0.2) is 45.9 Å². The zero-order chi connectivity index (χ0) is 16.7. The lowest BCUT2D eigenvalue weighted by Gasteiger charge is -2.49. The normalized spacial score (nSPS) is 28.8. The van der Waals surface area contributed by atoms with Gasteiger partial charge in [-0.1, -0.05) is 0 Å². The van der Waals surface area contributed by atoms with Crippen molar-refractivity contribution < 1.29 is 13.6 Å². The van der Waals surface area contributed by atoms with E-state index >= 15 is 0 Å². The number of nitrogens with one attached hydrogen (secondary N) is 1. The molecule has 3 saturated heterocycles. The molecule has 0 spiro atoms. The first-order chi connectivity index (χ1) is 11.6. The maximum atomic E-state index is 12.9. The van der Waals surface area contributed by atoms with Gasteiger partial charge >= 0.3 is 5.91 Å². The van der Waals surface area contributed by atoms with Crippen molar-refractivity contribution in [3.05, 3.63) is 36.2 Å². The Labute approximate surface area is 139 Å². The maximum absolute atomic E-state index is 12.9. The van der Waals surface area contributed by atoms with Crippen LogP contribution in [0.4, 0.5) is 4.39 Å². The molecule has 2 atom stereocenters. The first kappa shape index (κ1) is 15.3. The molecular formula is C17H19FN4O2. The third kappa shape index (κ3) is 2.69. The highest BCUT2D eigenvalue weighted by molar-refractivity contribution is 5.90. The Morgan fingerprint density at radius 3 is 2.75 bits per heavy atom. The number of aromatic nitrogens is 2. The van der Waals surface area contributed by atoms with E-state index in [1.165, 1.54) is 18.3 Å². The molecule has 2 aromatic rings. The third-order valence-corrected chi connectivity index (χ3v) is 5.16. The third-order valence-electron chi connectivity index (χ3n) is 5.16. The number of pyridine rings is 1. The molecule has 0 aliphatic carbocycles. The topological polar surface area (TPSA) is 71.3 Å². The van der Waals surface area contributed by atoms with Crippen LogP contribution in [0.2, 0.25) is 0 Å². The molecular weight excluding hydrogens is 311 g/mol. The van der Waals surface area contributed by atoms with Crippen molar-refractivity contribution in [1.82, 2.24) is 20.2 Å². The van der Waals surface area contributed by atoms with Crippen molar-refractivity contribution in [1.29, 1.82) is 0 Å². The van der Waals surface area contributed by atoms with Crippen LogP contribution in [0.5, 0.6) is 0 Å². The lowest BCUT2D eigenvalue weighted by Crippen LogP contribution is -2.62. The number of carbonyl (C=O) groups is 1. The highest BCUT2D eigenvalue weighted by atomic mass is 19.1. The molecule has 0 radical (unpaired) electrons. The number of piperidine rings is 3. The summed E-state index contributed by atoms with van der Waals surface area (Å²) in [7, 11) is 0. The van der Waals surface area contributed by atoms with E-state index in [9.17, 15) is 9.18 Å². The molecule has 24 heavy (non-hydrogen) atoms. The van der Waals surface area contributed by atoms with Crippen molar-refractivity contribution in [3.63, 3.8) is 0 Å². The van der Waals surface area contributed by atoms with Crippen molar-refractivity contribution in [2.45, 2.75) is 31.8 Å². The number of halogens is 1. The number of hydrogen-bond donors (Lipinski definition) is 1. The molecule has 2 aromatic heterocycles. The molecule has 3 aliphatic heterocycles. The van der Waals surface area contributed by atoms with Gasteiger partial charge in [0, 0.05) is 12.1 Å². The van der Waals surface area contributed by atoms with Crippen molar-refractivity contribution in [2.75, 3.05) is 13.1 Å². The Hall–Kier alpha value is -2.28. The minimum Gasteiger partial charge on any atom is -0.431 e. The average Bonchev–Trinajstić information content (AvgIpc) is 3.09. The summed E-state index contributed by atoms with van der Waals surface area (Å²) in [6.07, 6.45) is 4.78. The summed E-state index contributed by atoms with van der Waals surface area (Å²) in [6.45, 7) is 4.37. The molecule has 126 valence electrons. The molecule has 0 unspecified atom stereocenters. The Bertz CT molecular complexity index is 735. The summed E-state index contributed by atoms with van der Waals surface area (Å²) in [6, 6.07) is 3.24. The molecule has 6 nitrogen and oxygen atoms in total. The zero-order valence-corrected chi connectivity index (χ0v) is 13.4. The number of rotatable bonds is 3. The smallest absolute Gasteiger partial charge is 0.307 e. The molecule has 2 bridgehead atoms. The summed E-state index contributed by atoms with van der Waals surface area (Å²) >= 11 is 0. The number of oxazole rings is 1. The fraction of sp³-hybridized carbons (Fsp3) is 0.471. The van der Waals surface area contributed by atoms with Crippen LogP contribution in [0, 0.1) is 11.7 Å². The fourth-order valence-electron chi connectivity index (χ4n) is 3.78. The predicted octanol–water partition coefficient (Wildman–Crippen LogP) is 2.09. The van der Waals surface area contributed by atoms with Gasteiger partial charge in [-0.2, -0.15) is 0 Å². The van der Waals surface area contributed by atoms with Crippen LogP contribution >= 0.6 is 0 Å². The second-order valence-corrected chi connectivity index (χ2v) is 6.50. The molecule has 0 saturated carbocycles. The quantitative estimate of drug-likeness (QED) is 0.933. The Kier molecular flexibility index (Phi) is 3.80. The molecule has 1 N–H and O–H groups in total. The van der Waals surface area contributed by atoms with Gasteiger partial charge in [-0.3, -0.25) is 9.69 Å². The van der Waals surface area contributed by atoms with E-state index in [-0.39, 0.29) is 17.8 Å². The van der Waals surface area contributed by atoms with Crippen LogP contribution in [0.1, 0.15) is 30.5 Å². The van der Waals surface area contributed by atoms with E-state index in [1.807, 2.05) is 0 Å². The van der Waals surface area contributed by atoms with E-state index in [4.69, 9.17) is 4.42 Å². The van der Waals surface area contributed by atoms with Gasteiger partial charge in [0.25, 0.3) is 5.89 Å². The maximum Gasteiger partial charge on any atom is 0.307 e. The average molecular weight is 330 g/mol. The molecule has 3 fully saturated rings. The van der Waals surface area contributed by atoms with Gasteiger partial charge in [-0.25, -0.2) is 14.4 Å². The summed E-state index contributed by atoms with van der Waals surface area (Å²) in [5.74, 6) is 0.144. The Morgan fingerprint density at radius 2 is 2.08 bits per heavy atom. The van der Waals surface area contributed by atoms with Crippen molar-refractivity contribution in [3.8, 4) is 11.5 Å². The van der Waals surface area contributed by atoms with Gasteiger partial charge in [0.1, 0.15) is 11.5 Å². The van der Waals surface area contributed by atoms with Gasteiger partial charge < -0.3 is 9.73 Å². The van der Waals surface area contributed by atoms with E-state index in [0.717, 1.165) is 32.1 Å². The van der Waals surface area contributed by atoms with E-state index in [1.54, 1.807) is 0 Å². The SMILES string of the molecule is C[C@H]1[C@H](NC(=O)c2ncc(-c3ccc(F)cn3)o2)C2CCN1CC2. The van der Waals surface area contributed by atoms with E-state index < -0.39 is 5.82 Å². The van der Waals surface area contributed by atoms with Gasteiger partial charge in [0.2, 0.25) is 0 Å². The van der Waals surface area contributed by atoms with Crippen LogP contribution in [-0.2, 0) is 0 Å². The number of carbonyl (C=O) groups excluding carboxylic acids is 1. The molecule has 1 amide bonds. The first-order valence-electron chi connectivity index (χ1n) is 8.24. The highest BCUT2D eigenvalue weighted by Gasteiger charge is 2.40. The van der Waals surface area contributed by atoms with Crippen LogP contribution in [0.3, 0.4) is 0 Å². The minimum absolute atomic E-state index is 0.0137. The molecule has 7 heteroatoms. The van der Waals surface area contributed by atoms with Gasteiger partial charge in [0.05, 0.1) is 12.4 Å². The summed E-state index contributed by atoms with van der Waals surface area (Å²) in [4.78, 5) is 22.9. The van der Waals surface area contributed by atoms with Crippen LogP contribution < -0.4 is 5.32 Å². The fourth-order valence-corrected chi connectivity index (χ4v) is 3.78. The number of hydrogen-bond acceptors (Lipinski definition) is 5.